The molecule has 10 heteroatoms. The van der Waals surface area contributed by atoms with Crippen LogP contribution < -0.4 is 0 Å². The quantitative estimate of drug-likeness (QED) is 0.491. The zero-order valence-corrected chi connectivity index (χ0v) is 17.2. The summed E-state index contributed by atoms with van der Waals surface area (Å²) >= 11 is 0. The van der Waals surface area contributed by atoms with Gasteiger partial charge in [0.2, 0.25) is 10.0 Å². The first kappa shape index (κ1) is 23.0. The number of hydrogen-bond acceptors (Lipinski definition) is 5. The highest BCUT2D eigenvalue weighted by Gasteiger charge is 2.38. The number of sulfonamides is 1. The van der Waals surface area contributed by atoms with E-state index in [-0.39, 0.29) is 23.4 Å². The third-order valence-corrected chi connectivity index (χ3v) is 6.86. The van der Waals surface area contributed by atoms with Crippen LogP contribution >= 0.6 is 0 Å². The zero-order valence-electron chi connectivity index (χ0n) is 16.3. The fourth-order valence-electron chi connectivity index (χ4n) is 3.34. The topological polar surface area (TPSA) is 80.8 Å². The average Bonchev–Trinajstić information content (AvgIpc) is 2.77. The molecule has 1 unspecified atom stereocenters. The molecule has 1 atom stereocenters. The molecule has 0 bridgehead atoms. The minimum Gasteiger partial charge on any atom is -0.456 e. The summed E-state index contributed by atoms with van der Waals surface area (Å²) in [7, 11) is -3.95. The van der Waals surface area contributed by atoms with Gasteiger partial charge in [0.15, 0.2) is 12.4 Å². The molecule has 0 spiro atoms. The Bertz CT molecular complexity index is 1050. The fraction of sp³-hybridized carbons (Fsp3) is 0.333. The average molecular weight is 455 g/mol. The van der Waals surface area contributed by atoms with Crippen LogP contribution in [0, 0.1) is 0 Å². The first-order chi connectivity index (χ1) is 14.6. The van der Waals surface area contributed by atoms with Gasteiger partial charge in [-0.2, -0.15) is 17.5 Å². The van der Waals surface area contributed by atoms with E-state index >= 15 is 0 Å². The fourth-order valence-corrected chi connectivity index (χ4v) is 5.01. The van der Waals surface area contributed by atoms with Crippen molar-refractivity contribution in [2.45, 2.75) is 36.4 Å². The van der Waals surface area contributed by atoms with E-state index in [9.17, 15) is 31.2 Å². The van der Waals surface area contributed by atoms with E-state index < -0.39 is 46.2 Å². The molecule has 1 heterocycles. The number of nitrogens with zero attached hydrogens (tertiary/aromatic N) is 1. The van der Waals surface area contributed by atoms with Crippen LogP contribution in [0.1, 0.15) is 35.2 Å². The van der Waals surface area contributed by atoms with Crippen LogP contribution in [0.15, 0.2) is 59.5 Å². The largest absolute Gasteiger partial charge is 0.456 e. The van der Waals surface area contributed by atoms with Gasteiger partial charge in [-0.3, -0.25) is 9.59 Å². The number of alkyl halides is 3. The molecule has 31 heavy (non-hydrogen) atoms. The molecule has 3 rings (SSSR count). The molecule has 0 N–H and O–H groups in total. The summed E-state index contributed by atoms with van der Waals surface area (Å²) < 4.78 is 70.4. The van der Waals surface area contributed by atoms with Crippen molar-refractivity contribution < 1.29 is 35.9 Å². The van der Waals surface area contributed by atoms with E-state index in [0.717, 1.165) is 16.4 Å². The number of ether oxygens (including phenoxy) is 1. The highest BCUT2D eigenvalue weighted by Crippen LogP contribution is 2.30. The molecule has 166 valence electrons. The first-order valence-corrected chi connectivity index (χ1v) is 11.0. The highest BCUT2D eigenvalue weighted by atomic mass is 32.2. The van der Waals surface area contributed by atoms with Crippen LogP contribution in [0.5, 0.6) is 0 Å². The minimum absolute atomic E-state index is 0.0368. The van der Waals surface area contributed by atoms with Gasteiger partial charge in [0, 0.05) is 12.1 Å². The summed E-state index contributed by atoms with van der Waals surface area (Å²) in [5, 5.41) is 0. The second-order valence-electron chi connectivity index (χ2n) is 7.05. The predicted octanol–water partition coefficient (Wildman–Crippen LogP) is 3.67. The van der Waals surface area contributed by atoms with E-state index in [1.165, 1.54) is 18.2 Å². The van der Waals surface area contributed by atoms with Crippen LogP contribution in [0.3, 0.4) is 0 Å². The normalized spacial score (nSPS) is 17.8. The number of hydrogen-bond donors (Lipinski definition) is 0. The van der Waals surface area contributed by atoms with Crippen molar-refractivity contribution in [2.24, 2.45) is 0 Å². The Balaban J connectivity index is 1.71. The Morgan fingerprint density at radius 1 is 1.03 bits per heavy atom. The third kappa shape index (κ3) is 5.31. The van der Waals surface area contributed by atoms with Crippen molar-refractivity contribution in [2.75, 3.05) is 13.2 Å². The summed E-state index contributed by atoms with van der Waals surface area (Å²) in [6, 6.07) is 10.3. The van der Waals surface area contributed by atoms with Crippen molar-refractivity contribution in [3.8, 4) is 0 Å². The molecule has 1 saturated heterocycles. The highest BCUT2D eigenvalue weighted by molar-refractivity contribution is 7.89. The molecule has 0 radical (unpaired) electrons. The number of halogens is 3. The second kappa shape index (κ2) is 9.19. The second-order valence-corrected chi connectivity index (χ2v) is 8.94. The van der Waals surface area contributed by atoms with Crippen molar-refractivity contribution in [1.82, 2.24) is 4.31 Å². The predicted molar refractivity (Wildman–Crippen MR) is 105 cm³/mol. The van der Waals surface area contributed by atoms with Gasteiger partial charge in [-0.1, -0.05) is 30.3 Å². The molecule has 6 nitrogen and oxygen atoms in total. The number of Topliss-reactive ketones (excluding diaryl/α,β-unsaturated/α-hetero) is 1. The van der Waals surface area contributed by atoms with Crippen LogP contribution in [-0.2, 0) is 25.7 Å². The van der Waals surface area contributed by atoms with Crippen molar-refractivity contribution >= 4 is 21.8 Å². The van der Waals surface area contributed by atoms with Crippen molar-refractivity contribution in [1.29, 1.82) is 0 Å². The van der Waals surface area contributed by atoms with E-state index in [4.69, 9.17) is 4.74 Å². The number of carbonyl (C=O) groups is 2. The number of benzene rings is 2. The first-order valence-electron chi connectivity index (χ1n) is 9.54. The Hall–Kier alpha value is -2.72. The van der Waals surface area contributed by atoms with Gasteiger partial charge in [-0.25, -0.2) is 8.42 Å². The van der Waals surface area contributed by atoms with E-state index in [1.807, 2.05) is 0 Å². The summed E-state index contributed by atoms with van der Waals surface area (Å²) in [5.41, 5.74) is -1.24. The number of piperidine rings is 1. The Morgan fingerprint density at radius 2 is 1.74 bits per heavy atom. The lowest BCUT2D eigenvalue weighted by Crippen LogP contribution is -2.48. The maximum Gasteiger partial charge on any atom is 0.416 e. The zero-order chi connectivity index (χ0) is 22.6. The van der Waals surface area contributed by atoms with Gasteiger partial charge in [0.05, 0.1) is 10.5 Å². The molecule has 2 aromatic carbocycles. The lowest BCUT2D eigenvalue weighted by Gasteiger charge is -2.32. The van der Waals surface area contributed by atoms with E-state index in [2.05, 4.69) is 0 Å². The molecular weight excluding hydrogens is 435 g/mol. The van der Waals surface area contributed by atoms with Gasteiger partial charge >= 0.3 is 12.1 Å². The molecule has 0 amide bonds. The Morgan fingerprint density at radius 3 is 2.42 bits per heavy atom. The van der Waals surface area contributed by atoms with Crippen LogP contribution in [0.2, 0.25) is 0 Å². The van der Waals surface area contributed by atoms with Crippen LogP contribution in [0.25, 0.3) is 0 Å². The smallest absolute Gasteiger partial charge is 0.416 e. The Kier molecular flexibility index (Phi) is 6.80. The molecule has 2 aromatic rings. The monoisotopic (exact) mass is 455 g/mol. The maximum atomic E-state index is 12.9. The van der Waals surface area contributed by atoms with E-state index in [1.54, 1.807) is 18.2 Å². The molecule has 1 fully saturated rings. The maximum absolute atomic E-state index is 12.9. The number of rotatable bonds is 6. The van der Waals surface area contributed by atoms with Gasteiger partial charge in [0.25, 0.3) is 0 Å². The minimum atomic E-state index is -4.61. The van der Waals surface area contributed by atoms with Gasteiger partial charge in [0.1, 0.15) is 6.04 Å². The molecule has 0 aromatic heterocycles. The lowest BCUT2D eigenvalue weighted by atomic mass is 10.1. The van der Waals surface area contributed by atoms with Crippen molar-refractivity contribution in [3.63, 3.8) is 0 Å². The molecular formula is C21H20F3NO5S. The molecule has 0 aliphatic carbocycles. The summed E-state index contributed by atoms with van der Waals surface area (Å²) in [4.78, 5) is 24.9. The summed E-state index contributed by atoms with van der Waals surface area (Å²) in [6.45, 7) is -0.658. The van der Waals surface area contributed by atoms with Crippen molar-refractivity contribution in [3.05, 3.63) is 65.7 Å². The number of ketones is 1. The van der Waals surface area contributed by atoms with Gasteiger partial charge in [-0.05, 0) is 43.5 Å². The summed E-state index contributed by atoms with van der Waals surface area (Å²) in [5.74, 6) is -1.72. The van der Waals surface area contributed by atoms with Gasteiger partial charge < -0.3 is 4.74 Å². The lowest BCUT2D eigenvalue weighted by molar-refractivity contribution is -0.148. The third-order valence-electron chi connectivity index (χ3n) is 4.93. The molecule has 1 aliphatic heterocycles. The summed E-state index contributed by atoms with van der Waals surface area (Å²) in [6.07, 6.45) is -3.22. The standard InChI is InChI=1S/C21H20F3NO5S/c22-21(23,24)16-8-6-7-15(13-16)19(26)14-30-20(27)18-11-4-5-12-25(18)31(28,29)17-9-2-1-3-10-17/h1-3,6-10,13,18H,4-5,11-12,14H2. The van der Waals surface area contributed by atoms with Crippen LogP contribution in [-0.4, -0.2) is 43.7 Å². The van der Waals surface area contributed by atoms with E-state index in [0.29, 0.717) is 18.9 Å². The van der Waals surface area contributed by atoms with Crippen LogP contribution in [0.4, 0.5) is 13.2 Å². The Labute approximate surface area is 177 Å². The molecule has 1 aliphatic rings. The number of carbonyl (C=O) groups excluding carboxylic acids is 2. The SMILES string of the molecule is O=C(COC(=O)C1CCCCN1S(=O)(=O)c1ccccc1)c1cccc(C(F)(F)F)c1. The number of esters is 1. The van der Waals surface area contributed by atoms with Gasteiger partial charge in [-0.15, -0.1) is 0 Å². The molecule has 0 saturated carbocycles.